The fourth-order valence-electron chi connectivity index (χ4n) is 1.49. The van der Waals surface area contributed by atoms with E-state index in [4.69, 9.17) is 5.11 Å². The van der Waals surface area contributed by atoms with Crippen LogP contribution in [0.25, 0.3) is 0 Å². The van der Waals surface area contributed by atoms with Crippen LogP contribution in [0, 0.1) is 6.92 Å². The molecule has 0 saturated carbocycles. The second-order valence-corrected chi connectivity index (χ2v) is 3.86. The van der Waals surface area contributed by atoms with Crippen LogP contribution in [0.3, 0.4) is 0 Å². The molecule has 0 spiro atoms. The lowest BCUT2D eigenvalue weighted by Gasteiger charge is -2.05. The van der Waals surface area contributed by atoms with E-state index >= 15 is 0 Å². The van der Waals surface area contributed by atoms with Gasteiger partial charge in [0.05, 0.1) is 5.56 Å². The van der Waals surface area contributed by atoms with Crippen LogP contribution >= 0.6 is 0 Å². The molecule has 96 valence electrons. The summed E-state index contributed by atoms with van der Waals surface area (Å²) in [6.45, 7) is 1.78. The number of nitrogens with zero attached hydrogens (tertiary/aromatic N) is 2. The number of aryl methyl sites for hydroxylation is 1. The van der Waals surface area contributed by atoms with Crippen molar-refractivity contribution in [3.63, 3.8) is 0 Å². The van der Waals surface area contributed by atoms with Gasteiger partial charge >= 0.3 is 5.97 Å². The Bertz CT molecular complexity index is 623. The third-order valence-corrected chi connectivity index (χ3v) is 2.48. The normalized spacial score (nSPS) is 9.95. The maximum atomic E-state index is 11.9. The molecule has 6 nitrogen and oxygen atoms in total. The summed E-state index contributed by atoms with van der Waals surface area (Å²) in [4.78, 5) is 30.4. The van der Waals surface area contributed by atoms with E-state index in [1.165, 1.54) is 24.5 Å². The van der Waals surface area contributed by atoms with Gasteiger partial charge in [-0.05, 0) is 30.7 Å². The Balaban J connectivity index is 2.15. The standard InChI is InChI=1S/C13H11N3O3/c1-8-3-2-6-14-11(8)12(17)16-10-5-4-9(7-15-10)13(18)19/h2-7H,1H3,(H,18,19)(H,15,16,17). The molecule has 0 saturated heterocycles. The minimum absolute atomic E-state index is 0.0621. The Morgan fingerprint density at radius 1 is 1.21 bits per heavy atom. The maximum Gasteiger partial charge on any atom is 0.337 e. The van der Waals surface area contributed by atoms with Crippen molar-refractivity contribution in [1.29, 1.82) is 0 Å². The molecule has 6 heteroatoms. The van der Waals surface area contributed by atoms with Gasteiger partial charge in [0.1, 0.15) is 11.5 Å². The molecule has 0 bridgehead atoms. The molecular formula is C13H11N3O3. The van der Waals surface area contributed by atoms with E-state index in [9.17, 15) is 9.59 Å². The van der Waals surface area contributed by atoms with Gasteiger partial charge in [0.2, 0.25) is 0 Å². The number of pyridine rings is 2. The summed E-state index contributed by atoms with van der Waals surface area (Å²) < 4.78 is 0. The van der Waals surface area contributed by atoms with E-state index in [0.717, 1.165) is 5.56 Å². The summed E-state index contributed by atoms with van der Waals surface area (Å²) in [6.07, 6.45) is 2.71. The number of rotatable bonds is 3. The van der Waals surface area contributed by atoms with Crippen molar-refractivity contribution in [1.82, 2.24) is 9.97 Å². The Hall–Kier alpha value is -2.76. The van der Waals surface area contributed by atoms with Gasteiger partial charge in [-0.1, -0.05) is 6.07 Å². The summed E-state index contributed by atoms with van der Waals surface area (Å²) in [5.74, 6) is -1.17. The largest absolute Gasteiger partial charge is 0.478 e. The number of carbonyl (C=O) groups is 2. The van der Waals surface area contributed by atoms with Crippen molar-refractivity contribution in [2.45, 2.75) is 6.92 Å². The molecule has 0 aliphatic carbocycles. The van der Waals surface area contributed by atoms with E-state index in [-0.39, 0.29) is 17.3 Å². The molecule has 2 heterocycles. The number of aromatic carboxylic acids is 1. The molecule has 0 atom stereocenters. The Morgan fingerprint density at radius 3 is 2.58 bits per heavy atom. The zero-order chi connectivity index (χ0) is 13.8. The topological polar surface area (TPSA) is 92.2 Å². The number of carbonyl (C=O) groups excluding carboxylic acids is 1. The Labute approximate surface area is 109 Å². The molecule has 0 unspecified atom stereocenters. The average Bonchev–Trinajstić information content (AvgIpc) is 2.39. The second-order valence-electron chi connectivity index (χ2n) is 3.86. The lowest BCUT2D eigenvalue weighted by molar-refractivity contribution is 0.0696. The van der Waals surface area contributed by atoms with E-state index < -0.39 is 5.97 Å². The van der Waals surface area contributed by atoms with Crippen LogP contribution in [-0.4, -0.2) is 27.0 Å². The molecule has 1 amide bonds. The van der Waals surface area contributed by atoms with Crippen molar-refractivity contribution < 1.29 is 14.7 Å². The molecule has 2 N–H and O–H groups in total. The Kier molecular flexibility index (Phi) is 3.51. The van der Waals surface area contributed by atoms with E-state index in [1.807, 2.05) is 0 Å². The van der Waals surface area contributed by atoms with Crippen LogP contribution in [0.2, 0.25) is 0 Å². The summed E-state index contributed by atoms with van der Waals surface area (Å²) in [6, 6.07) is 6.32. The van der Waals surface area contributed by atoms with Gasteiger partial charge in [-0.25, -0.2) is 9.78 Å². The van der Waals surface area contributed by atoms with Gasteiger partial charge in [-0.15, -0.1) is 0 Å². The fourth-order valence-corrected chi connectivity index (χ4v) is 1.49. The first kappa shape index (κ1) is 12.7. The number of amides is 1. The zero-order valence-corrected chi connectivity index (χ0v) is 10.1. The molecule has 0 aliphatic heterocycles. The molecule has 2 rings (SSSR count). The first-order chi connectivity index (χ1) is 9.08. The number of nitrogens with one attached hydrogen (secondary N) is 1. The van der Waals surface area contributed by atoms with Gasteiger partial charge in [-0.3, -0.25) is 9.78 Å². The quantitative estimate of drug-likeness (QED) is 0.873. The fraction of sp³-hybridized carbons (Fsp3) is 0.0769. The van der Waals surface area contributed by atoms with Crippen LogP contribution in [-0.2, 0) is 0 Å². The van der Waals surface area contributed by atoms with Crippen LogP contribution in [0.15, 0.2) is 36.7 Å². The van der Waals surface area contributed by atoms with Gasteiger partial charge in [0.25, 0.3) is 5.91 Å². The number of hydrogen-bond donors (Lipinski definition) is 2. The maximum absolute atomic E-state index is 11.9. The third-order valence-electron chi connectivity index (χ3n) is 2.48. The molecule has 0 fully saturated rings. The number of carboxylic acids is 1. The van der Waals surface area contributed by atoms with Crippen LogP contribution in [0.1, 0.15) is 26.4 Å². The zero-order valence-electron chi connectivity index (χ0n) is 10.1. The van der Waals surface area contributed by atoms with Crippen LogP contribution in [0.4, 0.5) is 5.82 Å². The van der Waals surface area contributed by atoms with Crippen LogP contribution in [0.5, 0.6) is 0 Å². The van der Waals surface area contributed by atoms with Gasteiger partial charge in [0, 0.05) is 12.4 Å². The second kappa shape index (κ2) is 5.26. The van der Waals surface area contributed by atoms with Crippen molar-refractivity contribution in [3.8, 4) is 0 Å². The third kappa shape index (κ3) is 2.92. The SMILES string of the molecule is Cc1cccnc1C(=O)Nc1ccc(C(=O)O)cn1. The van der Waals surface area contributed by atoms with Crippen molar-refractivity contribution in [3.05, 3.63) is 53.5 Å². The molecular weight excluding hydrogens is 246 g/mol. The molecule has 19 heavy (non-hydrogen) atoms. The number of carboxylic acid groups (broad SMARTS) is 1. The molecule has 2 aromatic rings. The average molecular weight is 257 g/mol. The highest BCUT2D eigenvalue weighted by Crippen LogP contribution is 2.09. The number of hydrogen-bond acceptors (Lipinski definition) is 4. The predicted molar refractivity (Wildman–Crippen MR) is 68.1 cm³/mol. The van der Waals surface area contributed by atoms with E-state index in [1.54, 1.807) is 19.1 Å². The van der Waals surface area contributed by atoms with Crippen molar-refractivity contribution >= 4 is 17.7 Å². The summed E-state index contributed by atoms with van der Waals surface area (Å²) >= 11 is 0. The first-order valence-corrected chi connectivity index (χ1v) is 5.50. The van der Waals surface area contributed by atoms with Gasteiger partial charge < -0.3 is 10.4 Å². The van der Waals surface area contributed by atoms with E-state index in [0.29, 0.717) is 5.69 Å². The van der Waals surface area contributed by atoms with Crippen molar-refractivity contribution in [2.75, 3.05) is 5.32 Å². The van der Waals surface area contributed by atoms with Gasteiger partial charge in [0.15, 0.2) is 0 Å². The predicted octanol–water partition coefficient (Wildman–Crippen LogP) is 1.74. The summed E-state index contributed by atoms with van der Waals surface area (Å²) in [7, 11) is 0. The lowest BCUT2D eigenvalue weighted by Crippen LogP contribution is -2.16. The smallest absolute Gasteiger partial charge is 0.337 e. The van der Waals surface area contributed by atoms with Crippen LogP contribution < -0.4 is 5.32 Å². The van der Waals surface area contributed by atoms with E-state index in [2.05, 4.69) is 15.3 Å². The van der Waals surface area contributed by atoms with Crippen molar-refractivity contribution in [2.24, 2.45) is 0 Å². The molecule has 2 aromatic heterocycles. The summed E-state index contributed by atoms with van der Waals surface area (Å²) in [5.41, 5.74) is 1.13. The highest BCUT2D eigenvalue weighted by atomic mass is 16.4. The number of anilines is 1. The molecule has 0 aliphatic rings. The minimum atomic E-state index is -1.06. The van der Waals surface area contributed by atoms with Gasteiger partial charge in [-0.2, -0.15) is 0 Å². The first-order valence-electron chi connectivity index (χ1n) is 5.50. The highest BCUT2D eigenvalue weighted by molar-refractivity contribution is 6.03. The molecule has 0 aromatic carbocycles. The number of aromatic nitrogens is 2. The monoisotopic (exact) mass is 257 g/mol. The lowest BCUT2D eigenvalue weighted by atomic mass is 10.2. The highest BCUT2D eigenvalue weighted by Gasteiger charge is 2.11. The Morgan fingerprint density at radius 2 is 2.00 bits per heavy atom. The molecule has 0 radical (unpaired) electrons. The minimum Gasteiger partial charge on any atom is -0.478 e. The summed E-state index contributed by atoms with van der Waals surface area (Å²) in [5, 5.41) is 11.3.